The second-order valence-corrected chi connectivity index (χ2v) is 9.57. The Morgan fingerprint density at radius 3 is 2.22 bits per heavy atom. The van der Waals surface area contributed by atoms with Crippen LogP contribution in [0, 0.1) is 13.8 Å². The minimum atomic E-state index is -0.687. The quantitative estimate of drug-likeness (QED) is 0.529. The van der Waals surface area contributed by atoms with Crippen LogP contribution < -0.4 is 5.32 Å². The molecule has 174 valence electrons. The first-order chi connectivity index (χ1) is 14.6. The average Bonchev–Trinajstić information content (AvgIpc) is 2.92. The van der Waals surface area contributed by atoms with Crippen molar-refractivity contribution in [2.75, 3.05) is 5.32 Å². The molecule has 2 aromatic heterocycles. The number of nitrogens with zero attached hydrogens (tertiary/aromatic N) is 3. The van der Waals surface area contributed by atoms with Crippen molar-refractivity contribution in [3.8, 4) is 11.3 Å². The van der Waals surface area contributed by atoms with Crippen LogP contribution in [0.15, 0.2) is 12.3 Å². The van der Waals surface area contributed by atoms with Crippen molar-refractivity contribution in [1.82, 2.24) is 14.8 Å². The van der Waals surface area contributed by atoms with Crippen LogP contribution in [0.3, 0.4) is 0 Å². The minimum Gasteiger partial charge on any atom is -0.458 e. The van der Waals surface area contributed by atoms with E-state index in [9.17, 15) is 14.4 Å². The Kier molecular flexibility index (Phi) is 7.12. The summed E-state index contributed by atoms with van der Waals surface area (Å²) in [6.07, 6.45) is 1.44. The Balaban J connectivity index is 2.47. The molecule has 1 amide bonds. The zero-order valence-electron chi connectivity index (χ0n) is 20.2. The van der Waals surface area contributed by atoms with Crippen molar-refractivity contribution in [3.63, 3.8) is 0 Å². The molecule has 0 aliphatic rings. The van der Waals surface area contributed by atoms with Gasteiger partial charge < -0.3 is 9.47 Å². The Morgan fingerprint density at radius 2 is 1.69 bits per heavy atom. The van der Waals surface area contributed by atoms with Crippen molar-refractivity contribution >= 4 is 24.0 Å². The second-order valence-electron chi connectivity index (χ2n) is 9.57. The highest BCUT2D eigenvalue weighted by Gasteiger charge is 2.28. The smallest absolute Gasteiger partial charge is 0.412 e. The Bertz CT molecular complexity index is 1030. The number of aryl methyl sites for hydroxylation is 1. The fourth-order valence-electron chi connectivity index (χ4n) is 3.18. The van der Waals surface area contributed by atoms with Gasteiger partial charge in [-0.15, -0.1) is 0 Å². The zero-order valence-corrected chi connectivity index (χ0v) is 20.2. The molecule has 1 N–H and O–H groups in total. The number of aldehydes is 1. The lowest BCUT2D eigenvalue weighted by molar-refractivity contribution is -0.158. The SMILES string of the molecule is Cc1nn(C(C)C(=O)OC(C)(C)C)c(C)c1-c1nccc(NC(=O)OC(C)(C)C)c1C=O. The molecular formula is C23H32N4O5. The molecule has 9 nitrogen and oxygen atoms in total. The lowest BCUT2D eigenvalue weighted by Crippen LogP contribution is -2.29. The highest BCUT2D eigenvalue weighted by molar-refractivity contribution is 5.98. The van der Waals surface area contributed by atoms with E-state index in [1.54, 1.807) is 67.0 Å². The summed E-state index contributed by atoms with van der Waals surface area (Å²) in [5, 5.41) is 7.11. The van der Waals surface area contributed by atoms with Gasteiger partial charge in [0.2, 0.25) is 0 Å². The molecule has 1 unspecified atom stereocenters. The van der Waals surface area contributed by atoms with Gasteiger partial charge in [0, 0.05) is 17.5 Å². The molecule has 0 aliphatic carbocycles. The van der Waals surface area contributed by atoms with Crippen LogP contribution in [0.2, 0.25) is 0 Å². The summed E-state index contributed by atoms with van der Waals surface area (Å²) in [4.78, 5) is 41.1. The first-order valence-electron chi connectivity index (χ1n) is 10.4. The van der Waals surface area contributed by atoms with E-state index in [1.807, 2.05) is 0 Å². The second kappa shape index (κ2) is 9.10. The predicted molar refractivity (Wildman–Crippen MR) is 121 cm³/mol. The third-order valence-corrected chi connectivity index (χ3v) is 4.42. The lowest BCUT2D eigenvalue weighted by Gasteiger charge is -2.23. The Hall–Kier alpha value is -3.23. The maximum atomic E-state index is 12.6. The lowest BCUT2D eigenvalue weighted by atomic mass is 10.0. The van der Waals surface area contributed by atoms with Gasteiger partial charge in [0.25, 0.3) is 0 Å². The third-order valence-electron chi connectivity index (χ3n) is 4.42. The van der Waals surface area contributed by atoms with E-state index in [2.05, 4.69) is 15.4 Å². The van der Waals surface area contributed by atoms with Crippen LogP contribution in [0.25, 0.3) is 11.3 Å². The van der Waals surface area contributed by atoms with E-state index in [0.717, 1.165) is 0 Å². The summed E-state index contributed by atoms with van der Waals surface area (Å²) in [6, 6.07) is 0.847. The van der Waals surface area contributed by atoms with Crippen molar-refractivity contribution in [1.29, 1.82) is 0 Å². The highest BCUT2D eigenvalue weighted by Crippen LogP contribution is 2.32. The molecule has 9 heteroatoms. The molecule has 0 bridgehead atoms. The number of esters is 1. The number of amides is 1. The van der Waals surface area contributed by atoms with Gasteiger partial charge in [0.1, 0.15) is 17.2 Å². The first kappa shape index (κ1) is 25.0. The van der Waals surface area contributed by atoms with Crippen LogP contribution in [-0.2, 0) is 14.3 Å². The predicted octanol–water partition coefficient (Wildman–Crippen LogP) is 4.62. The molecular weight excluding hydrogens is 412 g/mol. The molecule has 0 saturated carbocycles. The van der Waals surface area contributed by atoms with Gasteiger partial charge in [0.15, 0.2) is 6.29 Å². The average molecular weight is 445 g/mol. The van der Waals surface area contributed by atoms with Gasteiger partial charge in [0.05, 0.1) is 22.6 Å². The molecule has 0 radical (unpaired) electrons. The number of carbonyl (C=O) groups excluding carboxylic acids is 3. The molecule has 0 spiro atoms. The zero-order chi connectivity index (χ0) is 24.4. The largest absolute Gasteiger partial charge is 0.458 e. The number of ether oxygens (including phenoxy) is 2. The van der Waals surface area contributed by atoms with E-state index in [1.165, 1.54) is 12.3 Å². The topological polar surface area (TPSA) is 112 Å². The van der Waals surface area contributed by atoms with Crippen LogP contribution in [-0.4, -0.2) is 44.3 Å². The molecule has 0 aromatic carbocycles. The fourth-order valence-corrected chi connectivity index (χ4v) is 3.18. The number of aromatic nitrogens is 3. The summed E-state index contributed by atoms with van der Waals surface area (Å²) >= 11 is 0. The van der Waals surface area contributed by atoms with Crippen LogP contribution in [0.1, 0.15) is 76.3 Å². The minimum absolute atomic E-state index is 0.189. The van der Waals surface area contributed by atoms with Crippen LogP contribution >= 0.6 is 0 Å². The van der Waals surface area contributed by atoms with E-state index >= 15 is 0 Å². The first-order valence-corrected chi connectivity index (χ1v) is 10.4. The van der Waals surface area contributed by atoms with Crippen LogP contribution in [0.4, 0.5) is 10.5 Å². The van der Waals surface area contributed by atoms with E-state index < -0.39 is 29.3 Å². The molecule has 32 heavy (non-hydrogen) atoms. The molecule has 1 atom stereocenters. The van der Waals surface area contributed by atoms with Crippen molar-refractivity contribution in [2.45, 2.75) is 79.6 Å². The summed E-state index contributed by atoms with van der Waals surface area (Å²) in [6.45, 7) is 15.9. The maximum absolute atomic E-state index is 12.6. The number of hydrogen-bond donors (Lipinski definition) is 1. The molecule has 0 aliphatic heterocycles. The number of nitrogens with one attached hydrogen (secondary N) is 1. The van der Waals surface area contributed by atoms with Gasteiger partial charge >= 0.3 is 12.1 Å². The van der Waals surface area contributed by atoms with Crippen molar-refractivity contribution < 1.29 is 23.9 Å². The number of anilines is 1. The molecule has 2 heterocycles. The Labute approximate surface area is 188 Å². The van der Waals surface area contributed by atoms with Gasteiger partial charge in [-0.2, -0.15) is 5.10 Å². The monoisotopic (exact) mass is 444 g/mol. The van der Waals surface area contributed by atoms with Gasteiger partial charge in [-0.3, -0.25) is 19.8 Å². The molecule has 2 aromatic rings. The number of carbonyl (C=O) groups is 3. The number of pyridine rings is 1. The standard InChI is InChI=1S/C23H32N4O5/c1-13-18(14(2)27(26-13)15(3)20(29)31-22(4,5)6)19-16(12-28)17(10-11-24-19)25-21(30)32-23(7,8)9/h10-12,15H,1-9H3,(H,24,25,30). The fraction of sp³-hybridized carbons (Fsp3) is 0.522. The number of hydrogen-bond acceptors (Lipinski definition) is 7. The maximum Gasteiger partial charge on any atom is 0.412 e. The van der Waals surface area contributed by atoms with E-state index in [-0.39, 0.29) is 11.3 Å². The van der Waals surface area contributed by atoms with Gasteiger partial charge in [-0.25, -0.2) is 9.59 Å². The van der Waals surface area contributed by atoms with Gasteiger partial charge in [-0.05, 0) is 68.4 Å². The molecule has 0 fully saturated rings. The van der Waals surface area contributed by atoms with E-state index in [4.69, 9.17) is 9.47 Å². The third kappa shape index (κ3) is 5.93. The number of rotatable bonds is 5. The summed E-state index contributed by atoms with van der Waals surface area (Å²) in [7, 11) is 0. The van der Waals surface area contributed by atoms with Gasteiger partial charge in [-0.1, -0.05) is 0 Å². The van der Waals surface area contributed by atoms with Crippen molar-refractivity contribution in [2.24, 2.45) is 0 Å². The molecule has 0 saturated heterocycles. The molecule has 2 rings (SSSR count). The normalized spacial score (nSPS) is 12.8. The summed E-state index contributed by atoms with van der Waals surface area (Å²) in [5.74, 6) is -0.418. The van der Waals surface area contributed by atoms with Crippen LogP contribution in [0.5, 0.6) is 0 Å². The Morgan fingerprint density at radius 1 is 1.09 bits per heavy atom. The highest BCUT2D eigenvalue weighted by atomic mass is 16.6. The van der Waals surface area contributed by atoms with Crippen molar-refractivity contribution in [3.05, 3.63) is 29.2 Å². The summed E-state index contributed by atoms with van der Waals surface area (Å²) < 4.78 is 12.3. The van der Waals surface area contributed by atoms with E-state index in [0.29, 0.717) is 28.9 Å². The summed E-state index contributed by atoms with van der Waals surface area (Å²) in [5.41, 5.74) is 1.33.